The van der Waals surface area contributed by atoms with Crippen molar-refractivity contribution in [2.45, 2.75) is 12.8 Å². The predicted molar refractivity (Wildman–Crippen MR) is 71.9 cm³/mol. The molecule has 1 aliphatic carbocycles. The molecule has 0 unspecified atom stereocenters. The van der Waals surface area contributed by atoms with Gasteiger partial charge in [-0.2, -0.15) is 0 Å². The molecule has 1 aromatic carbocycles. The van der Waals surface area contributed by atoms with Crippen LogP contribution in [0.15, 0.2) is 22.7 Å². The van der Waals surface area contributed by atoms with E-state index in [0.29, 0.717) is 23.1 Å². The van der Waals surface area contributed by atoms with Crippen LogP contribution in [0.25, 0.3) is 0 Å². The van der Waals surface area contributed by atoms with Crippen molar-refractivity contribution in [3.8, 4) is 5.75 Å². The number of carboxylic acid groups (broad SMARTS) is 1. The summed E-state index contributed by atoms with van der Waals surface area (Å²) in [5.74, 6) is -1.36. The van der Waals surface area contributed by atoms with E-state index in [0.717, 1.165) is 0 Å². The van der Waals surface area contributed by atoms with Gasteiger partial charge in [0.15, 0.2) is 6.61 Å². The highest BCUT2D eigenvalue weighted by Crippen LogP contribution is 2.45. The number of benzene rings is 1. The highest BCUT2D eigenvalue weighted by molar-refractivity contribution is 9.10. The Labute approximate surface area is 123 Å². The van der Waals surface area contributed by atoms with Crippen LogP contribution in [-0.4, -0.2) is 30.1 Å². The molecule has 0 heterocycles. The smallest absolute Gasteiger partial charge is 0.311 e. The summed E-state index contributed by atoms with van der Waals surface area (Å²) in [6, 6.07) is 3.87. The molecule has 1 aliphatic rings. The van der Waals surface area contributed by atoms with Crippen molar-refractivity contribution >= 4 is 27.8 Å². The Hall–Kier alpha value is -1.63. The summed E-state index contributed by atoms with van der Waals surface area (Å²) in [6.45, 7) is -0.144. The summed E-state index contributed by atoms with van der Waals surface area (Å²) in [5, 5.41) is 11.5. The third kappa shape index (κ3) is 3.47. The Kier molecular flexibility index (Phi) is 4.27. The molecule has 1 fully saturated rings. The van der Waals surface area contributed by atoms with Crippen molar-refractivity contribution in [1.82, 2.24) is 5.32 Å². The van der Waals surface area contributed by atoms with E-state index in [2.05, 4.69) is 21.2 Å². The van der Waals surface area contributed by atoms with E-state index in [-0.39, 0.29) is 13.2 Å². The first-order valence-electron chi connectivity index (χ1n) is 6.01. The fraction of sp³-hybridized carbons (Fsp3) is 0.385. The van der Waals surface area contributed by atoms with Crippen molar-refractivity contribution in [3.05, 3.63) is 28.5 Å². The first-order chi connectivity index (χ1) is 9.43. The summed E-state index contributed by atoms with van der Waals surface area (Å²) in [6.07, 6.45) is 1.15. The Morgan fingerprint density at radius 3 is 2.70 bits per heavy atom. The third-order valence-electron chi connectivity index (χ3n) is 3.18. The minimum Gasteiger partial charge on any atom is -0.483 e. The Balaban J connectivity index is 1.79. The van der Waals surface area contributed by atoms with Crippen LogP contribution < -0.4 is 10.1 Å². The van der Waals surface area contributed by atoms with E-state index in [9.17, 15) is 14.0 Å². The van der Waals surface area contributed by atoms with Gasteiger partial charge < -0.3 is 15.2 Å². The van der Waals surface area contributed by atoms with Crippen molar-refractivity contribution < 1.29 is 23.8 Å². The quantitative estimate of drug-likeness (QED) is 0.826. The topological polar surface area (TPSA) is 75.6 Å². The molecule has 0 atom stereocenters. The molecule has 0 saturated heterocycles. The van der Waals surface area contributed by atoms with Crippen molar-refractivity contribution in [2.75, 3.05) is 13.2 Å². The van der Waals surface area contributed by atoms with Crippen LogP contribution in [0.4, 0.5) is 4.39 Å². The normalized spacial score (nSPS) is 15.5. The SMILES string of the molecule is O=C(COc1ccc(F)cc1Br)NCC1(C(=O)O)CC1. The van der Waals surface area contributed by atoms with Gasteiger partial charge in [-0.3, -0.25) is 9.59 Å². The lowest BCUT2D eigenvalue weighted by Crippen LogP contribution is -2.36. The zero-order valence-electron chi connectivity index (χ0n) is 10.5. The van der Waals surface area contributed by atoms with Gasteiger partial charge in [0.25, 0.3) is 5.91 Å². The van der Waals surface area contributed by atoms with E-state index in [1.165, 1.54) is 18.2 Å². The highest BCUT2D eigenvalue weighted by Gasteiger charge is 2.50. The number of aliphatic carboxylic acids is 1. The highest BCUT2D eigenvalue weighted by atomic mass is 79.9. The maximum absolute atomic E-state index is 12.9. The number of carboxylic acids is 1. The number of carbonyl (C=O) groups is 2. The van der Waals surface area contributed by atoms with E-state index in [1.807, 2.05) is 0 Å². The molecule has 0 bridgehead atoms. The summed E-state index contributed by atoms with van der Waals surface area (Å²) >= 11 is 3.12. The molecule has 2 N–H and O–H groups in total. The summed E-state index contributed by atoms with van der Waals surface area (Å²) in [5.41, 5.74) is -0.799. The Bertz CT molecular complexity index is 545. The van der Waals surface area contributed by atoms with Gasteiger partial charge in [-0.15, -0.1) is 0 Å². The largest absolute Gasteiger partial charge is 0.483 e. The van der Waals surface area contributed by atoms with Gasteiger partial charge in [-0.1, -0.05) is 0 Å². The lowest BCUT2D eigenvalue weighted by molar-refractivity contribution is -0.143. The number of carbonyl (C=O) groups excluding carboxylic acids is 1. The zero-order valence-corrected chi connectivity index (χ0v) is 12.1. The molecule has 5 nitrogen and oxygen atoms in total. The van der Waals surface area contributed by atoms with Crippen LogP contribution in [0, 0.1) is 11.2 Å². The molecule has 0 radical (unpaired) electrons. The molecule has 7 heteroatoms. The van der Waals surface area contributed by atoms with Crippen LogP contribution in [0.2, 0.25) is 0 Å². The molecule has 0 aliphatic heterocycles. The van der Waals surface area contributed by atoms with Crippen LogP contribution in [-0.2, 0) is 9.59 Å². The number of hydrogen-bond acceptors (Lipinski definition) is 3. The van der Waals surface area contributed by atoms with Gasteiger partial charge in [0.2, 0.25) is 0 Å². The molecule has 1 saturated carbocycles. The van der Waals surface area contributed by atoms with Gasteiger partial charge in [-0.25, -0.2) is 4.39 Å². The van der Waals surface area contributed by atoms with Crippen LogP contribution in [0.5, 0.6) is 5.75 Å². The third-order valence-corrected chi connectivity index (χ3v) is 3.80. The maximum atomic E-state index is 12.9. The number of amides is 1. The number of rotatable bonds is 6. The van der Waals surface area contributed by atoms with Gasteiger partial charge >= 0.3 is 5.97 Å². The van der Waals surface area contributed by atoms with Crippen molar-refractivity contribution in [3.63, 3.8) is 0 Å². The second kappa shape index (κ2) is 5.78. The summed E-state index contributed by atoms with van der Waals surface area (Å²) < 4.78 is 18.5. The standard InChI is InChI=1S/C13H13BrFNO4/c14-9-5-8(15)1-2-10(9)20-6-11(17)16-7-13(3-4-13)12(18)19/h1-2,5H,3-4,6-7H2,(H,16,17)(H,18,19). The average Bonchev–Trinajstić information content (AvgIpc) is 3.16. The second-order valence-electron chi connectivity index (χ2n) is 4.73. The van der Waals surface area contributed by atoms with E-state index in [4.69, 9.17) is 9.84 Å². The second-order valence-corrected chi connectivity index (χ2v) is 5.58. The molecule has 20 heavy (non-hydrogen) atoms. The van der Waals surface area contributed by atoms with E-state index < -0.39 is 23.1 Å². The predicted octanol–water partition coefficient (Wildman–Crippen LogP) is 1.95. The molecule has 1 amide bonds. The first kappa shape index (κ1) is 14.8. The average molecular weight is 346 g/mol. The van der Waals surface area contributed by atoms with Crippen molar-refractivity contribution in [1.29, 1.82) is 0 Å². The van der Waals surface area contributed by atoms with Gasteiger partial charge in [-0.05, 0) is 47.0 Å². The molecule has 0 spiro atoms. The Morgan fingerprint density at radius 2 is 2.15 bits per heavy atom. The molecular formula is C13H13BrFNO4. The Morgan fingerprint density at radius 1 is 1.45 bits per heavy atom. The van der Waals surface area contributed by atoms with Crippen LogP contribution >= 0.6 is 15.9 Å². The fourth-order valence-corrected chi connectivity index (χ4v) is 2.14. The fourth-order valence-electron chi connectivity index (χ4n) is 1.67. The summed E-state index contributed by atoms with van der Waals surface area (Å²) in [4.78, 5) is 22.5. The van der Waals surface area contributed by atoms with Crippen LogP contribution in [0.3, 0.4) is 0 Å². The lowest BCUT2D eigenvalue weighted by Gasteiger charge is -2.12. The minimum atomic E-state index is -0.889. The van der Waals surface area contributed by atoms with Gasteiger partial charge in [0, 0.05) is 6.54 Å². The number of halogens is 2. The molecular weight excluding hydrogens is 333 g/mol. The maximum Gasteiger partial charge on any atom is 0.311 e. The monoisotopic (exact) mass is 345 g/mol. The van der Waals surface area contributed by atoms with Gasteiger partial charge in [0.05, 0.1) is 9.89 Å². The van der Waals surface area contributed by atoms with E-state index in [1.54, 1.807) is 0 Å². The van der Waals surface area contributed by atoms with Gasteiger partial charge in [0.1, 0.15) is 11.6 Å². The van der Waals surface area contributed by atoms with Crippen LogP contribution in [0.1, 0.15) is 12.8 Å². The number of ether oxygens (including phenoxy) is 1. The number of nitrogens with one attached hydrogen (secondary N) is 1. The summed E-state index contributed by atoms with van der Waals surface area (Å²) in [7, 11) is 0. The minimum absolute atomic E-state index is 0.106. The van der Waals surface area contributed by atoms with E-state index >= 15 is 0 Å². The van der Waals surface area contributed by atoms with Crippen molar-refractivity contribution in [2.24, 2.45) is 5.41 Å². The molecule has 108 valence electrons. The molecule has 0 aromatic heterocycles. The lowest BCUT2D eigenvalue weighted by atomic mass is 10.1. The number of hydrogen-bond donors (Lipinski definition) is 2. The zero-order chi connectivity index (χ0) is 14.8. The molecule has 1 aromatic rings. The molecule has 2 rings (SSSR count). The first-order valence-corrected chi connectivity index (χ1v) is 6.80.